The fraction of sp³-hybridized carbons (Fsp3) is 0.400. The van der Waals surface area contributed by atoms with E-state index in [1.165, 1.54) is 4.88 Å². The predicted octanol–water partition coefficient (Wildman–Crippen LogP) is 0.989. The Bertz CT molecular complexity index is 407. The molecule has 1 unspecified atom stereocenters. The Morgan fingerprint density at radius 3 is 3.00 bits per heavy atom. The van der Waals surface area contributed by atoms with Crippen LogP contribution in [0.3, 0.4) is 0 Å². The van der Waals surface area contributed by atoms with E-state index in [1.807, 2.05) is 13.2 Å². The molecular formula is C10H14N4S. The van der Waals surface area contributed by atoms with E-state index >= 15 is 0 Å². The monoisotopic (exact) mass is 222 g/mol. The van der Waals surface area contributed by atoms with E-state index in [-0.39, 0.29) is 6.04 Å². The molecule has 2 N–H and O–H groups in total. The molecule has 2 rings (SSSR count). The average Bonchev–Trinajstić information content (AvgIpc) is 2.77. The minimum atomic E-state index is 0.125. The van der Waals surface area contributed by atoms with Crippen molar-refractivity contribution in [1.82, 2.24) is 15.0 Å². The quantitative estimate of drug-likeness (QED) is 0.839. The van der Waals surface area contributed by atoms with Crippen LogP contribution >= 0.6 is 11.3 Å². The maximum Gasteiger partial charge on any atom is 0.0842 e. The van der Waals surface area contributed by atoms with Crippen LogP contribution in [-0.4, -0.2) is 21.0 Å². The van der Waals surface area contributed by atoms with Crippen molar-refractivity contribution in [2.24, 2.45) is 12.8 Å². The largest absolute Gasteiger partial charge is 0.327 e. The maximum absolute atomic E-state index is 6.04. The van der Waals surface area contributed by atoms with Crippen LogP contribution in [0.15, 0.2) is 23.7 Å². The summed E-state index contributed by atoms with van der Waals surface area (Å²) in [5.41, 5.74) is 7.00. The summed E-state index contributed by atoms with van der Waals surface area (Å²) in [4.78, 5) is 1.33. The second-order valence-corrected chi connectivity index (χ2v) is 4.66. The van der Waals surface area contributed by atoms with Gasteiger partial charge >= 0.3 is 0 Å². The van der Waals surface area contributed by atoms with Crippen LogP contribution in [0.1, 0.15) is 10.6 Å². The Labute approximate surface area is 92.7 Å². The molecular weight excluding hydrogens is 208 g/mol. The van der Waals surface area contributed by atoms with E-state index in [0.717, 1.165) is 18.5 Å². The van der Waals surface area contributed by atoms with Gasteiger partial charge in [-0.15, -0.1) is 16.4 Å². The van der Waals surface area contributed by atoms with Gasteiger partial charge in [0.15, 0.2) is 0 Å². The van der Waals surface area contributed by atoms with Crippen LogP contribution in [0.5, 0.6) is 0 Å². The zero-order valence-corrected chi connectivity index (χ0v) is 9.44. The van der Waals surface area contributed by atoms with Gasteiger partial charge in [-0.25, -0.2) is 0 Å². The number of hydrogen-bond donors (Lipinski definition) is 1. The molecule has 0 saturated heterocycles. The number of hydrogen-bond acceptors (Lipinski definition) is 4. The highest BCUT2D eigenvalue weighted by molar-refractivity contribution is 7.09. The van der Waals surface area contributed by atoms with Crippen LogP contribution < -0.4 is 5.73 Å². The van der Waals surface area contributed by atoms with Crippen molar-refractivity contribution in [2.45, 2.75) is 18.9 Å². The van der Waals surface area contributed by atoms with Gasteiger partial charge in [0.05, 0.1) is 5.69 Å². The van der Waals surface area contributed by atoms with Crippen molar-refractivity contribution >= 4 is 11.3 Å². The van der Waals surface area contributed by atoms with Crippen molar-refractivity contribution < 1.29 is 0 Å². The van der Waals surface area contributed by atoms with E-state index in [9.17, 15) is 0 Å². The summed E-state index contributed by atoms with van der Waals surface area (Å²) in [6, 6.07) is 4.29. The SMILES string of the molecule is Cn1cc(CC(N)Cc2cccs2)nn1. The molecule has 0 bridgehead atoms. The Balaban J connectivity index is 1.90. The smallest absolute Gasteiger partial charge is 0.0842 e. The summed E-state index contributed by atoms with van der Waals surface area (Å²) in [6.07, 6.45) is 3.61. The summed E-state index contributed by atoms with van der Waals surface area (Å²) in [5.74, 6) is 0. The van der Waals surface area contributed by atoms with Crippen molar-refractivity contribution in [3.8, 4) is 0 Å². The van der Waals surface area contributed by atoms with Crippen LogP contribution in [0, 0.1) is 0 Å². The average molecular weight is 222 g/mol. The van der Waals surface area contributed by atoms with Crippen LogP contribution in [-0.2, 0) is 19.9 Å². The zero-order chi connectivity index (χ0) is 10.7. The Kier molecular flexibility index (Phi) is 3.13. The van der Waals surface area contributed by atoms with Gasteiger partial charge in [0.25, 0.3) is 0 Å². The molecule has 2 aromatic heterocycles. The molecule has 0 spiro atoms. The van der Waals surface area contributed by atoms with Gasteiger partial charge in [-0.2, -0.15) is 0 Å². The van der Waals surface area contributed by atoms with Crippen LogP contribution in [0.2, 0.25) is 0 Å². The lowest BCUT2D eigenvalue weighted by Crippen LogP contribution is -2.25. The molecule has 4 nitrogen and oxygen atoms in total. The summed E-state index contributed by atoms with van der Waals surface area (Å²) < 4.78 is 1.70. The fourth-order valence-electron chi connectivity index (χ4n) is 1.52. The molecule has 5 heteroatoms. The zero-order valence-electron chi connectivity index (χ0n) is 8.63. The van der Waals surface area contributed by atoms with Crippen LogP contribution in [0.25, 0.3) is 0 Å². The summed E-state index contributed by atoms with van der Waals surface area (Å²) in [5, 5.41) is 9.98. The Morgan fingerprint density at radius 2 is 2.40 bits per heavy atom. The first-order valence-electron chi connectivity index (χ1n) is 4.87. The van der Waals surface area contributed by atoms with Gasteiger partial charge < -0.3 is 5.73 Å². The number of rotatable bonds is 4. The number of thiophene rings is 1. The second-order valence-electron chi connectivity index (χ2n) is 3.63. The van der Waals surface area contributed by atoms with Crippen molar-refractivity contribution in [3.05, 3.63) is 34.3 Å². The standard InChI is InChI=1S/C10H14N4S/c1-14-7-9(12-13-14)5-8(11)6-10-3-2-4-15-10/h2-4,7-8H,5-6,11H2,1H3. The lowest BCUT2D eigenvalue weighted by atomic mass is 10.1. The number of aryl methyl sites for hydroxylation is 1. The van der Waals surface area contributed by atoms with E-state index in [0.29, 0.717) is 0 Å². The molecule has 0 fully saturated rings. The predicted molar refractivity (Wildman–Crippen MR) is 60.7 cm³/mol. The lowest BCUT2D eigenvalue weighted by molar-refractivity contribution is 0.656. The third kappa shape index (κ3) is 2.87. The van der Waals surface area contributed by atoms with E-state index < -0.39 is 0 Å². The Hall–Kier alpha value is -1.20. The van der Waals surface area contributed by atoms with Crippen molar-refractivity contribution in [3.63, 3.8) is 0 Å². The highest BCUT2D eigenvalue weighted by atomic mass is 32.1. The third-order valence-corrected chi connectivity index (χ3v) is 3.06. The van der Waals surface area contributed by atoms with E-state index in [1.54, 1.807) is 16.0 Å². The summed E-state index contributed by atoms with van der Waals surface area (Å²) in [6.45, 7) is 0. The normalized spacial score (nSPS) is 12.9. The van der Waals surface area contributed by atoms with Crippen LogP contribution in [0.4, 0.5) is 0 Å². The molecule has 2 heterocycles. The molecule has 80 valence electrons. The molecule has 0 aliphatic carbocycles. The molecule has 0 aliphatic rings. The minimum Gasteiger partial charge on any atom is -0.327 e. The third-order valence-electron chi connectivity index (χ3n) is 2.16. The number of nitrogens with two attached hydrogens (primary N) is 1. The number of aromatic nitrogens is 3. The van der Waals surface area contributed by atoms with Gasteiger partial charge in [-0.05, 0) is 17.9 Å². The highest BCUT2D eigenvalue weighted by Crippen LogP contribution is 2.11. The molecule has 0 aromatic carbocycles. The Morgan fingerprint density at radius 1 is 1.53 bits per heavy atom. The fourth-order valence-corrected chi connectivity index (χ4v) is 2.32. The molecule has 0 radical (unpaired) electrons. The molecule has 1 atom stereocenters. The topological polar surface area (TPSA) is 56.7 Å². The highest BCUT2D eigenvalue weighted by Gasteiger charge is 2.08. The van der Waals surface area contributed by atoms with Gasteiger partial charge in [0.1, 0.15) is 0 Å². The van der Waals surface area contributed by atoms with Crippen molar-refractivity contribution in [2.75, 3.05) is 0 Å². The van der Waals surface area contributed by atoms with Gasteiger partial charge in [0, 0.05) is 30.6 Å². The minimum absolute atomic E-state index is 0.125. The molecule has 15 heavy (non-hydrogen) atoms. The molecule has 0 saturated carbocycles. The number of nitrogens with zero attached hydrogens (tertiary/aromatic N) is 3. The van der Waals surface area contributed by atoms with E-state index in [4.69, 9.17) is 5.73 Å². The molecule has 0 aliphatic heterocycles. The molecule has 0 amide bonds. The molecule has 2 aromatic rings. The summed E-state index contributed by atoms with van der Waals surface area (Å²) in [7, 11) is 1.86. The van der Waals surface area contributed by atoms with Gasteiger partial charge in [-0.1, -0.05) is 11.3 Å². The first kappa shape index (κ1) is 10.3. The van der Waals surface area contributed by atoms with E-state index in [2.05, 4.69) is 27.8 Å². The lowest BCUT2D eigenvalue weighted by Gasteiger charge is -2.07. The summed E-state index contributed by atoms with van der Waals surface area (Å²) >= 11 is 1.75. The first-order chi connectivity index (χ1) is 7.24. The van der Waals surface area contributed by atoms with Gasteiger partial charge in [0.2, 0.25) is 0 Å². The van der Waals surface area contributed by atoms with Crippen molar-refractivity contribution in [1.29, 1.82) is 0 Å². The second kappa shape index (κ2) is 4.55. The van der Waals surface area contributed by atoms with Gasteiger partial charge in [-0.3, -0.25) is 4.68 Å². The first-order valence-corrected chi connectivity index (χ1v) is 5.75. The maximum atomic E-state index is 6.04.